The van der Waals surface area contributed by atoms with Gasteiger partial charge in [-0.25, -0.2) is 0 Å². The highest BCUT2D eigenvalue weighted by Gasteiger charge is 2.17. The molecule has 0 spiro atoms. The molecular formula is C24H22BrN5O3S2. The number of nitrogens with zero attached hydrogens (tertiary/aromatic N) is 3. The fraction of sp³-hybridized carbons (Fsp3) is 0.167. The smallest absolute Gasteiger partial charge is 0.261 e. The highest BCUT2D eigenvalue weighted by molar-refractivity contribution is 9.10. The Labute approximate surface area is 219 Å². The third-order valence-corrected chi connectivity index (χ3v) is 7.04. The lowest BCUT2D eigenvalue weighted by Gasteiger charge is -2.11. The van der Waals surface area contributed by atoms with Crippen molar-refractivity contribution in [2.75, 3.05) is 17.7 Å². The highest BCUT2D eigenvalue weighted by atomic mass is 79.9. The Balaban J connectivity index is 1.45. The Bertz CT molecular complexity index is 1280. The first-order chi connectivity index (χ1) is 17.0. The minimum Gasteiger partial charge on any atom is -0.494 e. The molecule has 2 aromatic heterocycles. The van der Waals surface area contributed by atoms with Crippen molar-refractivity contribution in [2.45, 2.75) is 18.6 Å². The molecule has 180 valence electrons. The van der Waals surface area contributed by atoms with Crippen LogP contribution in [0.5, 0.6) is 5.75 Å². The van der Waals surface area contributed by atoms with Gasteiger partial charge in [0, 0.05) is 15.8 Å². The zero-order valence-electron chi connectivity index (χ0n) is 18.7. The summed E-state index contributed by atoms with van der Waals surface area (Å²) in [6.07, 6.45) is 0. The third-order valence-electron chi connectivity index (χ3n) is 4.72. The Morgan fingerprint density at radius 3 is 2.54 bits per heavy atom. The van der Waals surface area contributed by atoms with Gasteiger partial charge in [0.15, 0.2) is 11.0 Å². The van der Waals surface area contributed by atoms with E-state index >= 15 is 0 Å². The Morgan fingerprint density at radius 1 is 1.09 bits per heavy atom. The number of carbonyl (C=O) groups is 2. The minimum absolute atomic E-state index is 0.142. The van der Waals surface area contributed by atoms with Crippen molar-refractivity contribution >= 4 is 56.5 Å². The van der Waals surface area contributed by atoms with E-state index < -0.39 is 0 Å². The summed E-state index contributed by atoms with van der Waals surface area (Å²) in [6, 6.07) is 18.5. The van der Waals surface area contributed by atoms with Crippen LogP contribution in [0.25, 0.3) is 5.69 Å². The van der Waals surface area contributed by atoms with Gasteiger partial charge in [0.05, 0.1) is 23.8 Å². The number of nitrogens with one attached hydrogen (secondary N) is 2. The third kappa shape index (κ3) is 6.71. The van der Waals surface area contributed by atoms with Gasteiger partial charge in [-0.15, -0.1) is 21.5 Å². The fourth-order valence-electron chi connectivity index (χ4n) is 3.14. The number of hydrogen-bond donors (Lipinski definition) is 2. The number of aromatic nitrogens is 3. The van der Waals surface area contributed by atoms with Crippen LogP contribution in [0.2, 0.25) is 0 Å². The van der Waals surface area contributed by atoms with Crippen LogP contribution in [0.3, 0.4) is 0 Å². The molecule has 4 rings (SSSR count). The van der Waals surface area contributed by atoms with E-state index in [4.69, 9.17) is 4.74 Å². The number of hydrogen-bond acceptors (Lipinski definition) is 7. The van der Waals surface area contributed by atoms with Crippen LogP contribution in [0, 0.1) is 0 Å². The van der Waals surface area contributed by atoms with Gasteiger partial charge >= 0.3 is 0 Å². The Morgan fingerprint density at radius 2 is 1.86 bits per heavy atom. The second-order valence-electron chi connectivity index (χ2n) is 7.16. The lowest BCUT2D eigenvalue weighted by molar-refractivity contribution is -0.113. The standard InChI is InChI=1S/C24H22BrN5O3S2/c1-2-33-19-11-7-17(8-12-19)27-22(31)15-35-24-29-28-21(14-26-23(32)20-4-3-13-34-20)30(24)18-9-5-16(25)6-10-18/h3-13H,2,14-15H2,1H3,(H,26,32)(H,27,31). The molecule has 0 aliphatic carbocycles. The van der Waals surface area contributed by atoms with E-state index in [1.165, 1.54) is 23.1 Å². The predicted molar refractivity (Wildman–Crippen MR) is 142 cm³/mol. The summed E-state index contributed by atoms with van der Waals surface area (Å²) in [5.41, 5.74) is 1.51. The zero-order valence-corrected chi connectivity index (χ0v) is 22.0. The molecule has 35 heavy (non-hydrogen) atoms. The minimum atomic E-state index is -0.172. The summed E-state index contributed by atoms with van der Waals surface area (Å²) >= 11 is 6.09. The summed E-state index contributed by atoms with van der Waals surface area (Å²) in [6.45, 7) is 2.70. The van der Waals surface area contributed by atoms with Crippen LogP contribution in [0.1, 0.15) is 22.4 Å². The molecule has 0 aliphatic rings. The molecule has 0 saturated heterocycles. The number of rotatable bonds is 10. The first-order valence-electron chi connectivity index (χ1n) is 10.7. The first-order valence-corrected chi connectivity index (χ1v) is 13.4. The molecule has 0 aliphatic heterocycles. The molecule has 0 bridgehead atoms. The predicted octanol–water partition coefficient (Wildman–Crippen LogP) is 5.15. The molecule has 8 nitrogen and oxygen atoms in total. The van der Waals surface area contributed by atoms with Gasteiger partial charge in [-0.2, -0.15) is 0 Å². The van der Waals surface area contributed by atoms with E-state index in [1.54, 1.807) is 18.2 Å². The van der Waals surface area contributed by atoms with E-state index in [1.807, 2.05) is 59.3 Å². The number of amides is 2. The van der Waals surface area contributed by atoms with Crippen molar-refractivity contribution in [1.29, 1.82) is 0 Å². The fourth-order valence-corrected chi connectivity index (χ4v) is 4.82. The Hall–Kier alpha value is -3.15. The van der Waals surface area contributed by atoms with E-state index in [0.29, 0.717) is 28.2 Å². The summed E-state index contributed by atoms with van der Waals surface area (Å²) in [5.74, 6) is 1.11. The number of anilines is 1. The number of benzene rings is 2. The summed E-state index contributed by atoms with van der Waals surface area (Å²) < 4.78 is 8.21. The van der Waals surface area contributed by atoms with Gasteiger partial charge in [0.25, 0.3) is 5.91 Å². The lowest BCUT2D eigenvalue weighted by atomic mass is 10.3. The van der Waals surface area contributed by atoms with Crippen LogP contribution < -0.4 is 15.4 Å². The molecule has 0 fully saturated rings. The first kappa shape index (κ1) is 25.0. The zero-order chi connectivity index (χ0) is 24.6. The van der Waals surface area contributed by atoms with Crippen molar-refractivity contribution in [2.24, 2.45) is 0 Å². The monoisotopic (exact) mass is 571 g/mol. The van der Waals surface area contributed by atoms with Crippen molar-refractivity contribution in [3.05, 3.63) is 81.2 Å². The highest BCUT2D eigenvalue weighted by Crippen LogP contribution is 2.24. The van der Waals surface area contributed by atoms with Crippen molar-refractivity contribution < 1.29 is 14.3 Å². The molecule has 4 aromatic rings. The molecule has 0 unspecified atom stereocenters. The van der Waals surface area contributed by atoms with E-state index in [-0.39, 0.29) is 24.1 Å². The van der Waals surface area contributed by atoms with Gasteiger partial charge < -0.3 is 15.4 Å². The molecular weight excluding hydrogens is 550 g/mol. The van der Waals surface area contributed by atoms with Gasteiger partial charge in [-0.1, -0.05) is 33.8 Å². The van der Waals surface area contributed by atoms with Gasteiger partial charge in [0.2, 0.25) is 5.91 Å². The topological polar surface area (TPSA) is 98.1 Å². The van der Waals surface area contributed by atoms with Crippen LogP contribution in [0.15, 0.2) is 75.7 Å². The summed E-state index contributed by atoms with van der Waals surface area (Å²) in [7, 11) is 0. The normalized spacial score (nSPS) is 10.7. The maximum absolute atomic E-state index is 12.6. The molecule has 2 amide bonds. The molecule has 11 heteroatoms. The Kier molecular flexibility index (Phi) is 8.56. The number of ether oxygens (including phenoxy) is 1. The number of thioether (sulfide) groups is 1. The van der Waals surface area contributed by atoms with E-state index in [9.17, 15) is 9.59 Å². The summed E-state index contributed by atoms with van der Waals surface area (Å²) in [4.78, 5) is 25.6. The van der Waals surface area contributed by atoms with E-state index in [0.717, 1.165) is 15.9 Å². The summed E-state index contributed by atoms with van der Waals surface area (Å²) in [5, 5.41) is 16.7. The number of carbonyl (C=O) groups excluding carboxylic acids is 2. The molecule has 2 N–H and O–H groups in total. The number of halogens is 1. The average molecular weight is 573 g/mol. The number of thiophene rings is 1. The largest absolute Gasteiger partial charge is 0.494 e. The molecule has 0 saturated carbocycles. The van der Waals surface area contributed by atoms with Crippen molar-refractivity contribution in [3.8, 4) is 11.4 Å². The second kappa shape index (κ2) is 12.0. The van der Waals surface area contributed by atoms with Crippen LogP contribution in [0.4, 0.5) is 5.69 Å². The maximum Gasteiger partial charge on any atom is 0.261 e. The van der Waals surface area contributed by atoms with Crippen molar-refractivity contribution in [1.82, 2.24) is 20.1 Å². The molecule has 0 radical (unpaired) electrons. The van der Waals surface area contributed by atoms with Crippen molar-refractivity contribution in [3.63, 3.8) is 0 Å². The van der Waals surface area contributed by atoms with Crippen LogP contribution in [-0.2, 0) is 11.3 Å². The quantitative estimate of drug-likeness (QED) is 0.255. The lowest BCUT2D eigenvalue weighted by Crippen LogP contribution is -2.24. The maximum atomic E-state index is 12.6. The molecule has 2 aromatic carbocycles. The van der Waals surface area contributed by atoms with Gasteiger partial charge in [-0.05, 0) is 66.9 Å². The average Bonchev–Trinajstić information content (AvgIpc) is 3.54. The van der Waals surface area contributed by atoms with Gasteiger partial charge in [0.1, 0.15) is 5.75 Å². The van der Waals surface area contributed by atoms with Crippen LogP contribution >= 0.6 is 39.0 Å². The molecule has 2 heterocycles. The second-order valence-corrected chi connectivity index (χ2v) is 9.97. The SMILES string of the molecule is CCOc1ccc(NC(=O)CSc2nnc(CNC(=O)c3cccs3)n2-c2ccc(Br)cc2)cc1. The van der Waals surface area contributed by atoms with E-state index in [2.05, 4.69) is 36.8 Å². The molecule has 0 atom stereocenters. The van der Waals surface area contributed by atoms with Crippen LogP contribution in [-0.4, -0.2) is 38.9 Å². The van der Waals surface area contributed by atoms with Gasteiger partial charge in [-0.3, -0.25) is 14.2 Å².